The van der Waals surface area contributed by atoms with Crippen LogP contribution in [0.5, 0.6) is 5.75 Å². The van der Waals surface area contributed by atoms with Gasteiger partial charge in [0.05, 0.1) is 5.69 Å². The highest BCUT2D eigenvalue weighted by Gasteiger charge is 2.14. The van der Waals surface area contributed by atoms with Gasteiger partial charge in [0, 0.05) is 23.6 Å². The number of ether oxygens (including phenoxy) is 1. The number of aryl methyl sites for hydroxylation is 3. The maximum absolute atomic E-state index is 12.3. The summed E-state index contributed by atoms with van der Waals surface area (Å²) in [4.78, 5) is 16.6. The maximum atomic E-state index is 12.3. The Morgan fingerprint density at radius 1 is 1.17 bits per heavy atom. The van der Waals surface area contributed by atoms with E-state index in [0.29, 0.717) is 11.4 Å². The molecule has 4 rings (SSSR count). The van der Waals surface area contributed by atoms with Crippen LogP contribution in [0.15, 0.2) is 46.6 Å². The third-order valence-corrected chi connectivity index (χ3v) is 5.64. The fourth-order valence-electron chi connectivity index (χ4n) is 3.09. The molecule has 4 aromatic rings. The first kappa shape index (κ1) is 19.5. The molecule has 0 unspecified atom stereocenters. The van der Waals surface area contributed by atoms with E-state index in [9.17, 15) is 4.79 Å². The second-order valence-corrected chi connectivity index (χ2v) is 7.65. The van der Waals surface area contributed by atoms with Crippen molar-refractivity contribution < 1.29 is 4.74 Å². The normalized spacial score (nSPS) is 10.7. The van der Waals surface area contributed by atoms with Crippen LogP contribution in [0.3, 0.4) is 0 Å². The Morgan fingerprint density at radius 3 is 2.67 bits per heavy atom. The van der Waals surface area contributed by atoms with Gasteiger partial charge in [-0.15, -0.1) is 11.3 Å². The predicted molar refractivity (Wildman–Crippen MR) is 113 cm³/mol. The highest BCUT2D eigenvalue weighted by atomic mass is 32.1. The van der Waals surface area contributed by atoms with Crippen LogP contribution in [0, 0.1) is 25.2 Å². The van der Waals surface area contributed by atoms with E-state index >= 15 is 0 Å². The first-order chi connectivity index (χ1) is 14.5. The topological polar surface area (TPSA) is 98.6 Å². The minimum atomic E-state index is -0.317. The van der Waals surface area contributed by atoms with Crippen molar-refractivity contribution in [3.05, 3.63) is 74.6 Å². The number of nitriles is 1. The fraction of sp³-hybridized carbons (Fsp3) is 0.190. The molecule has 0 amide bonds. The van der Waals surface area contributed by atoms with E-state index < -0.39 is 0 Å². The number of rotatable bonds is 5. The minimum Gasteiger partial charge on any atom is -0.489 e. The van der Waals surface area contributed by atoms with Crippen molar-refractivity contribution in [1.82, 2.24) is 24.8 Å². The standard InChI is InChI=1S/C21H18N6O2S/c1-13-5-4-6-18(27-21(28)26(3)24-25-27)17(13)11-29-19-8-7-15(9-14(19)2)20-23-16(10-22)12-30-20/h4-9,12H,11H2,1-3H3. The lowest BCUT2D eigenvalue weighted by Crippen LogP contribution is -2.23. The van der Waals surface area contributed by atoms with Gasteiger partial charge in [-0.25, -0.2) is 9.78 Å². The first-order valence-electron chi connectivity index (χ1n) is 9.15. The van der Waals surface area contributed by atoms with Crippen LogP contribution in [-0.2, 0) is 13.7 Å². The third-order valence-electron chi connectivity index (χ3n) is 4.75. The summed E-state index contributed by atoms with van der Waals surface area (Å²) >= 11 is 1.44. The molecule has 2 aromatic heterocycles. The number of tetrazole rings is 1. The Bertz CT molecular complexity index is 1330. The molecular weight excluding hydrogens is 400 g/mol. The molecule has 150 valence electrons. The highest BCUT2D eigenvalue weighted by Crippen LogP contribution is 2.29. The van der Waals surface area contributed by atoms with E-state index in [2.05, 4.69) is 21.5 Å². The van der Waals surface area contributed by atoms with Crippen LogP contribution in [0.4, 0.5) is 0 Å². The van der Waals surface area contributed by atoms with E-state index in [1.165, 1.54) is 20.7 Å². The third kappa shape index (κ3) is 3.60. The molecule has 9 heteroatoms. The lowest BCUT2D eigenvalue weighted by Gasteiger charge is -2.14. The summed E-state index contributed by atoms with van der Waals surface area (Å²) in [5, 5.41) is 19.2. The zero-order valence-electron chi connectivity index (χ0n) is 16.7. The quantitative estimate of drug-likeness (QED) is 0.494. The maximum Gasteiger partial charge on any atom is 0.368 e. The summed E-state index contributed by atoms with van der Waals surface area (Å²) in [5.41, 5.74) is 4.49. The predicted octanol–water partition coefficient (Wildman–Crippen LogP) is 3.16. The number of aromatic nitrogens is 5. The minimum absolute atomic E-state index is 0.279. The number of hydrogen-bond donors (Lipinski definition) is 0. The Labute approximate surface area is 176 Å². The summed E-state index contributed by atoms with van der Waals surface area (Å²) in [5.74, 6) is 0.733. The first-order valence-corrected chi connectivity index (χ1v) is 10.0. The molecule has 0 N–H and O–H groups in total. The van der Waals surface area contributed by atoms with Crippen LogP contribution in [0.2, 0.25) is 0 Å². The Balaban J connectivity index is 1.61. The van der Waals surface area contributed by atoms with Crippen LogP contribution in [0.25, 0.3) is 16.3 Å². The largest absolute Gasteiger partial charge is 0.489 e. The molecule has 0 aliphatic carbocycles. The van der Waals surface area contributed by atoms with Gasteiger partial charge < -0.3 is 4.74 Å². The van der Waals surface area contributed by atoms with E-state index in [4.69, 9.17) is 10.00 Å². The van der Waals surface area contributed by atoms with Gasteiger partial charge in [-0.3, -0.25) is 0 Å². The molecule has 0 radical (unpaired) electrons. The SMILES string of the molecule is Cc1cc(-c2nc(C#N)cs2)ccc1OCc1c(C)cccc1-n1nnn(C)c1=O. The van der Waals surface area contributed by atoms with Gasteiger partial charge >= 0.3 is 5.69 Å². The molecular formula is C21H18N6O2S. The van der Waals surface area contributed by atoms with Crippen molar-refractivity contribution in [2.75, 3.05) is 0 Å². The lowest BCUT2D eigenvalue weighted by atomic mass is 10.1. The molecule has 2 heterocycles. The number of hydrogen-bond acceptors (Lipinski definition) is 7. The van der Waals surface area contributed by atoms with Gasteiger partial charge in [0.25, 0.3) is 0 Å². The Morgan fingerprint density at radius 2 is 2.00 bits per heavy atom. The summed E-state index contributed by atoms with van der Waals surface area (Å²) < 4.78 is 8.55. The van der Waals surface area contributed by atoms with Gasteiger partial charge in [0.2, 0.25) is 0 Å². The second kappa shape index (κ2) is 7.93. The molecule has 0 fully saturated rings. The van der Waals surface area contributed by atoms with Crippen molar-refractivity contribution in [1.29, 1.82) is 5.26 Å². The van der Waals surface area contributed by atoms with Gasteiger partial charge in [0.15, 0.2) is 5.69 Å². The zero-order valence-corrected chi connectivity index (χ0v) is 17.5. The van der Waals surface area contributed by atoms with E-state index in [0.717, 1.165) is 33.0 Å². The van der Waals surface area contributed by atoms with Crippen molar-refractivity contribution >= 4 is 11.3 Å². The number of thiazole rings is 1. The second-order valence-electron chi connectivity index (χ2n) is 6.79. The highest BCUT2D eigenvalue weighted by molar-refractivity contribution is 7.13. The van der Waals surface area contributed by atoms with Crippen LogP contribution in [-0.4, -0.2) is 24.8 Å². The lowest BCUT2D eigenvalue weighted by molar-refractivity contribution is 0.302. The summed E-state index contributed by atoms with van der Waals surface area (Å²) in [7, 11) is 1.56. The Kier molecular flexibility index (Phi) is 5.16. The molecule has 0 aliphatic heterocycles. The van der Waals surface area contributed by atoms with Crippen LogP contribution < -0.4 is 10.4 Å². The van der Waals surface area contributed by atoms with Crippen molar-refractivity contribution in [2.45, 2.75) is 20.5 Å². The average Bonchev–Trinajstić information content (AvgIpc) is 3.35. The molecule has 0 bridgehead atoms. The van der Waals surface area contributed by atoms with E-state index in [1.807, 2.05) is 50.2 Å². The molecule has 8 nitrogen and oxygen atoms in total. The van der Waals surface area contributed by atoms with Gasteiger partial charge in [-0.1, -0.05) is 12.1 Å². The van der Waals surface area contributed by atoms with Gasteiger partial charge in [0.1, 0.15) is 23.4 Å². The number of nitrogens with zero attached hydrogens (tertiary/aromatic N) is 6. The van der Waals surface area contributed by atoms with Crippen molar-refractivity contribution in [3.8, 4) is 28.1 Å². The molecule has 0 saturated heterocycles. The zero-order chi connectivity index (χ0) is 21.3. The smallest absolute Gasteiger partial charge is 0.368 e. The summed E-state index contributed by atoms with van der Waals surface area (Å²) in [6.07, 6.45) is 0. The molecule has 0 saturated carbocycles. The fourth-order valence-corrected chi connectivity index (χ4v) is 3.83. The summed E-state index contributed by atoms with van der Waals surface area (Å²) in [6.45, 7) is 4.21. The van der Waals surface area contributed by atoms with E-state index in [-0.39, 0.29) is 12.3 Å². The number of benzene rings is 2. The molecule has 30 heavy (non-hydrogen) atoms. The van der Waals surface area contributed by atoms with Gasteiger partial charge in [-0.2, -0.15) is 14.6 Å². The monoisotopic (exact) mass is 418 g/mol. The average molecular weight is 418 g/mol. The molecule has 0 aliphatic rings. The molecule has 0 spiro atoms. The Hall–Kier alpha value is -3.77. The van der Waals surface area contributed by atoms with Crippen LogP contribution >= 0.6 is 11.3 Å². The van der Waals surface area contributed by atoms with E-state index in [1.54, 1.807) is 12.4 Å². The molecule has 0 atom stereocenters. The summed E-state index contributed by atoms with van der Waals surface area (Å²) in [6, 6.07) is 13.5. The van der Waals surface area contributed by atoms with Gasteiger partial charge in [-0.05, 0) is 59.7 Å². The van der Waals surface area contributed by atoms with Crippen molar-refractivity contribution in [3.63, 3.8) is 0 Å². The van der Waals surface area contributed by atoms with Crippen molar-refractivity contribution in [2.24, 2.45) is 7.05 Å². The van der Waals surface area contributed by atoms with Crippen LogP contribution in [0.1, 0.15) is 22.4 Å². The molecule has 2 aromatic carbocycles.